The van der Waals surface area contributed by atoms with Gasteiger partial charge in [-0.15, -0.1) is 0 Å². The van der Waals surface area contributed by atoms with Crippen LogP contribution in [0.4, 0.5) is 16.2 Å². The first-order valence-electron chi connectivity index (χ1n) is 14.7. The van der Waals surface area contributed by atoms with Crippen LogP contribution in [0, 0.1) is 5.41 Å². The lowest BCUT2D eigenvalue weighted by molar-refractivity contribution is 0.0996. The van der Waals surface area contributed by atoms with Gasteiger partial charge >= 0.3 is 6.09 Å². The molecule has 1 saturated heterocycles. The zero-order chi connectivity index (χ0) is 31.3. The third-order valence-corrected chi connectivity index (χ3v) is 7.76. The number of para-hydroxylation sites is 1. The van der Waals surface area contributed by atoms with Crippen molar-refractivity contribution in [2.45, 2.75) is 19.4 Å². The van der Waals surface area contributed by atoms with Gasteiger partial charge in [0.15, 0.2) is 0 Å². The van der Waals surface area contributed by atoms with Crippen LogP contribution in [0.25, 0.3) is 10.9 Å². The summed E-state index contributed by atoms with van der Waals surface area (Å²) in [6.07, 6.45) is 1.52. The maximum absolute atomic E-state index is 13.8. The molecule has 0 saturated carbocycles. The summed E-state index contributed by atoms with van der Waals surface area (Å²) in [5.74, 6) is -0.609. The van der Waals surface area contributed by atoms with Gasteiger partial charge in [-0.3, -0.25) is 20.3 Å². The molecule has 10 heteroatoms. The van der Waals surface area contributed by atoms with Crippen molar-refractivity contribution < 1.29 is 19.1 Å². The van der Waals surface area contributed by atoms with Crippen molar-refractivity contribution in [1.82, 2.24) is 9.88 Å². The molecule has 45 heavy (non-hydrogen) atoms. The highest BCUT2D eigenvalue weighted by Gasteiger charge is 2.19. The smallest absolute Gasteiger partial charge is 0.410 e. The molecule has 4 aromatic carbocycles. The van der Waals surface area contributed by atoms with E-state index in [1.54, 1.807) is 72.8 Å². The minimum atomic E-state index is -0.785. The Morgan fingerprint density at radius 2 is 1.56 bits per heavy atom. The second-order valence-corrected chi connectivity index (χ2v) is 10.9. The number of primary amides is 1. The number of carbonyl (C=O) groups is 3. The molecule has 1 aliphatic heterocycles. The summed E-state index contributed by atoms with van der Waals surface area (Å²) in [5.41, 5.74) is 9.94. The van der Waals surface area contributed by atoms with Gasteiger partial charge in [0.2, 0.25) is 5.91 Å². The van der Waals surface area contributed by atoms with Crippen molar-refractivity contribution in [2.24, 2.45) is 5.73 Å². The first kappa shape index (κ1) is 29.2. The van der Waals surface area contributed by atoms with Crippen LogP contribution in [-0.4, -0.2) is 41.4 Å². The fourth-order valence-corrected chi connectivity index (χ4v) is 5.47. The van der Waals surface area contributed by atoms with E-state index < -0.39 is 12.0 Å². The van der Waals surface area contributed by atoms with E-state index in [1.165, 1.54) is 0 Å². The van der Waals surface area contributed by atoms with Gasteiger partial charge < -0.3 is 25.3 Å². The Kier molecular flexibility index (Phi) is 8.28. The Labute approximate surface area is 259 Å². The molecule has 0 atom stereocenters. The Morgan fingerprint density at radius 1 is 0.822 bits per heavy atom. The summed E-state index contributed by atoms with van der Waals surface area (Å²) >= 11 is 0. The highest BCUT2D eigenvalue weighted by Crippen LogP contribution is 2.27. The minimum Gasteiger partial charge on any atom is -0.410 e. The molecule has 10 nitrogen and oxygen atoms in total. The van der Waals surface area contributed by atoms with Crippen LogP contribution in [0.1, 0.15) is 44.8 Å². The number of amides is 3. The van der Waals surface area contributed by atoms with Crippen molar-refractivity contribution in [2.75, 3.05) is 23.3 Å². The summed E-state index contributed by atoms with van der Waals surface area (Å²) in [5, 5.41) is 14.8. The van der Waals surface area contributed by atoms with E-state index in [4.69, 9.17) is 15.9 Å². The Balaban J connectivity index is 1.30. The molecule has 3 amide bonds. The fourth-order valence-electron chi connectivity index (χ4n) is 5.47. The van der Waals surface area contributed by atoms with Gasteiger partial charge in [-0.05, 0) is 73.0 Å². The zero-order valence-electron chi connectivity index (χ0n) is 24.5. The first-order chi connectivity index (χ1) is 21.8. The molecule has 0 aliphatic carbocycles. The molecule has 6 rings (SSSR count). The van der Waals surface area contributed by atoms with E-state index in [0.717, 1.165) is 42.6 Å². The van der Waals surface area contributed by atoms with Gasteiger partial charge in [0.1, 0.15) is 17.3 Å². The number of carbonyl (C=O) groups excluding carboxylic acids is 3. The SMILES string of the molecule is N=C(NC(=O)Oc1ccccc1)c1ccc2cc(C(=O)Nc3cccc(N4CCCC4)c3)n(Cc3ccc(C(N)=O)cc3)c2c1. The highest BCUT2D eigenvalue weighted by molar-refractivity contribution is 6.09. The van der Waals surface area contributed by atoms with E-state index in [-0.39, 0.29) is 11.7 Å². The van der Waals surface area contributed by atoms with E-state index >= 15 is 0 Å². The standard InChI is InChI=1S/C35H32N6O4/c36-32(39-35(44)45-29-9-2-1-3-10-29)26-16-15-25-19-31(34(43)38-27-7-6-8-28(21-27)40-17-4-5-18-40)41(30(25)20-26)22-23-11-13-24(14-12-23)33(37)42/h1-3,6-16,19-21H,4-5,17-18,22H2,(H2,37,42)(H,38,43)(H2,36,39,44). The second kappa shape index (κ2) is 12.8. The number of benzene rings is 4. The number of hydrogen-bond acceptors (Lipinski definition) is 6. The molecule has 226 valence electrons. The lowest BCUT2D eigenvalue weighted by Crippen LogP contribution is -2.33. The van der Waals surface area contributed by atoms with Crippen LogP contribution in [0.15, 0.2) is 103 Å². The zero-order valence-corrected chi connectivity index (χ0v) is 24.5. The van der Waals surface area contributed by atoms with Gasteiger partial charge in [-0.25, -0.2) is 4.79 Å². The van der Waals surface area contributed by atoms with Crippen molar-refractivity contribution in [3.8, 4) is 5.75 Å². The van der Waals surface area contributed by atoms with Crippen LogP contribution < -0.4 is 26.0 Å². The molecule has 5 aromatic rings. The van der Waals surface area contributed by atoms with Gasteiger partial charge in [-0.1, -0.05) is 48.5 Å². The normalized spacial score (nSPS) is 12.6. The number of hydrogen-bond donors (Lipinski definition) is 4. The maximum atomic E-state index is 13.8. The van der Waals surface area contributed by atoms with Gasteiger partial charge in [0.25, 0.3) is 5.91 Å². The lowest BCUT2D eigenvalue weighted by atomic mass is 10.1. The number of amidine groups is 1. The van der Waals surface area contributed by atoms with Gasteiger partial charge in [-0.2, -0.15) is 0 Å². The number of anilines is 2. The molecule has 0 bridgehead atoms. The molecular weight excluding hydrogens is 568 g/mol. The van der Waals surface area contributed by atoms with Crippen LogP contribution in [0.5, 0.6) is 5.75 Å². The van der Waals surface area contributed by atoms with Crippen LogP contribution in [0.2, 0.25) is 0 Å². The summed E-state index contributed by atoms with van der Waals surface area (Å²) in [6, 6.07) is 30.4. The topological polar surface area (TPSA) is 143 Å². The number of rotatable bonds is 8. The molecule has 1 aromatic heterocycles. The lowest BCUT2D eigenvalue weighted by Gasteiger charge is -2.18. The average molecular weight is 601 g/mol. The van der Waals surface area contributed by atoms with Crippen LogP contribution in [0.3, 0.4) is 0 Å². The highest BCUT2D eigenvalue weighted by atomic mass is 16.6. The Morgan fingerprint density at radius 3 is 2.29 bits per heavy atom. The quantitative estimate of drug-likeness (QED) is 0.132. The summed E-state index contributed by atoms with van der Waals surface area (Å²) in [4.78, 5) is 40.2. The van der Waals surface area contributed by atoms with E-state index in [0.29, 0.717) is 40.3 Å². The predicted molar refractivity (Wildman–Crippen MR) is 174 cm³/mol. The summed E-state index contributed by atoms with van der Waals surface area (Å²) < 4.78 is 7.13. The molecular formula is C35H32N6O4. The van der Waals surface area contributed by atoms with Gasteiger partial charge in [0, 0.05) is 53.0 Å². The Hall–Kier alpha value is -5.90. The molecule has 0 unspecified atom stereocenters. The number of nitrogens with two attached hydrogens (primary N) is 1. The van der Waals surface area contributed by atoms with E-state index in [1.807, 2.05) is 34.9 Å². The third kappa shape index (κ3) is 6.70. The number of ether oxygens (including phenoxy) is 1. The number of fused-ring (bicyclic) bond motifs is 1. The average Bonchev–Trinajstić information content (AvgIpc) is 3.71. The van der Waals surface area contributed by atoms with Crippen molar-refractivity contribution in [1.29, 1.82) is 5.41 Å². The molecule has 1 aliphatic rings. The second-order valence-electron chi connectivity index (χ2n) is 10.9. The molecule has 1 fully saturated rings. The predicted octanol–water partition coefficient (Wildman–Crippen LogP) is 5.75. The van der Waals surface area contributed by atoms with E-state index in [9.17, 15) is 14.4 Å². The molecule has 0 radical (unpaired) electrons. The van der Waals surface area contributed by atoms with Crippen molar-refractivity contribution in [3.63, 3.8) is 0 Å². The Bertz CT molecular complexity index is 1890. The van der Waals surface area contributed by atoms with Gasteiger partial charge in [0.05, 0.1) is 0 Å². The van der Waals surface area contributed by atoms with E-state index in [2.05, 4.69) is 15.5 Å². The van der Waals surface area contributed by atoms with Crippen LogP contribution >= 0.6 is 0 Å². The number of aromatic nitrogens is 1. The third-order valence-electron chi connectivity index (χ3n) is 7.76. The van der Waals surface area contributed by atoms with Crippen LogP contribution in [-0.2, 0) is 6.54 Å². The monoisotopic (exact) mass is 600 g/mol. The molecule has 0 spiro atoms. The van der Waals surface area contributed by atoms with Crippen molar-refractivity contribution in [3.05, 3.63) is 126 Å². The number of nitrogens with zero attached hydrogens (tertiary/aromatic N) is 2. The molecule has 5 N–H and O–H groups in total. The number of nitrogens with one attached hydrogen (secondary N) is 3. The largest absolute Gasteiger partial charge is 0.418 e. The first-order valence-corrected chi connectivity index (χ1v) is 14.7. The maximum Gasteiger partial charge on any atom is 0.418 e. The fraction of sp³-hybridized carbons (Fsp3) is 0.143. The summed E-state index contributed by atoms with van der Waals surface area (Å²) in [6.45, 7) is 2.30. The molecule has 2 heterocycles. The minimum absolute atomic E-state index is 0.152. The summed E-state index contributed by atoms with van der Waals surface area (Å²) in [7, 11) is 0. The van der Waals surface area contributed by atoms with Crippen molar-refractivity contribution >= 4 is 46.0 Å².